The summed E-state index contributed by atoms with van der Waals surface area (Å²) in [6.07, 6.45) is 3.78. The van der Waals surface area contributed by atoms with Crippen molar-refractivity contribution < 1.29 is 14.1 Å². The van der Waals surface area contributed by atoms with Crippen molar-refractivity contribution in [2.45, 2.75) is 39.2 Å². The molecule has 3 aromatic rings. The van der Waals surface area contributed by atoms with Gasteiger partial charge in [-0.2, -0.15) is 4.98 Å². The summed E-state index contributed by atoms with van der Waals surface area (Å²) in [5.74, 6) is 0.902. The van der Waals surface area contributed by atoms with Crippen LogP contribution in [0.4, 0.5) is 5.69 Å². The predicted molar refractivity (Wildman–Crippen MR) is 133 cm³/mol. The van der Waals surface area contributed by atoms with Crippen LogP contribution < -0.4 is 5.32 Å². The number of nitrogens with one attached hydrogen (secondary N) is 1. The second-order valence-corrected chi connectivity index (χ2v) is 9.44. The van der Waals surface area contributed by atoms with Crippen molar-refractivity contribution in [2.24, 2.45) is 5.92 Å². The molecule has 0 bridgehead atoms. The lowest BCUT2D eigenvalue weighted by molar-refractivity contribution is -0.121. The highest BCUT2D eigenvalue weighted by molar-refractivity contribution is 6.04. The maximum Gasteiger partial charge on any atom is 0.255 e. The highest BCUT2D eigenvalue weighted by atomic mass is 16.5. The average molecular weight is 474 g/mol. The molecule has 2 aromatic carbocycles. The van der Waals surface area contributed by atoms with Gasteiger partial charge in [-0.1, -0.05) is 41.6 Å². The molecule has 0 spiro atoms. The molecular weight excluding hydrogens is 442 g/mol. The Bertz CT molecular complexity index is 1200. The second kappa shape index (κ2) is 10.4. The zero-order valence-electron chi connectivity index (χ0n) is 20.1. The first-order valence-electron chi connectivity index (χ1n) is 12.4. The van der Waals surface area contributed by atoms with Gasteiger partial charge in [0.15, 0.2) is 0 Å². The van der Waals surface area contributed by atoms with E-state index in [9.17, 15) is 9.59 Å². The highest BCUT2D eigenvalue weighted by Crippen LogP contribution is 2.25. The monoisotopic (exact) mass is 473 g/mol. The number of benzene rings is 2. The van der Waals surface area contributed by atoms with E-state index in [1.165, 1.54) is 0 Å². The van der Waals surface area contributed by atoms with Crippen molar-refractivity contribution >= 4 is 17.5 Å². The van der Waals surface area contributed by atoms with Crippen molar-refractivity contribution in [1.82, 2.24) is 19.9 Å². The quantitative estimate of drug-likeness (QED) is 0.579. The van der Waals surface area contributed by atoms with Crippen molar-refractivity contribution in [2.75, 3.05) is 31.5 Å². The van der Waals surface area contributed by atoms with Crippen molar-refractivity contribution in [3.8, 4) is 11.4 Å². The summed E-state index contributed by atoms with van der Waals surface area (Å²) in [6.45, 7) is 5.56. The van der Waals surface area contributed by atoms with Gasteiger partial charge in [0.2, 0.25) is 17.6 Å². The predicted octanol–water partition coefficient (Wildman–Crippen LogP) is 4.13. The Balaban J connectivity index is 1.22. The zero-order chi connectivity index (χ0) is 24.2. The maximum atomic E-state index is 13.2. The van der Waals surface area contributed by atoms with Crippen LogP contribution in [-0.4, -0.2) is 57.9 Å². The number of nitrogens with zero attached hydrogens (tertiary/aromatic N) is 4. The lowest BCUT2D eigenvalue weighted by Gasteiger charge is -2.31. The fourth-order valence-electron chi connectivity index (χ4n) is 4.96. The first kappa shape index (κ1) is 23.2. The zero-order valence-corrected chi connectivity index (χ0v) is 20.1. The largest absolute Gasteiger partial charge is 0.339 e. The van der Waals surface area contributed by atoms with Crippen LogP contribution in [0, 0.1) is 12.8 Å². The lowest BCUT2D eigenvalue weighted by atomic mass is 9.96. The van der Waals surface area contributed by atoms with Crippen molar-refractivity contribution in [1.29, 1.82) is 0 Å². The molecule has 2 aliphatic heterocycles. The minimum atomic E-state index is -0.169. The topological polar surface area (TPSA) is 91.6 Å². The normalized spacial score (nSPS) is 18.5. The van der Waals surface area contributed by atoms with E-state index in [1.54, 1.807) is 6.07 Å². The Morgan fingerprint density at radius 2 is 1.80 bits per heavy atom. The van der Waals surface area contributed by atoms with E-state index >= 15 is 0 Å². The molecule has 3 heterocycles. The third-order valence-corrected chi connectivity index (χ3v) is 6.90. The van der Waals surface area contributed by atoms with Crippen LogP contribution in [0.5, 0.6) is 0 Å². The first-order chi connectivity index (χ1) is 17.1. The molecule has 1 aromatic heterocycles. The molecule has 2 amide bonds. The Morgan fingerprint density at radius 1 is 1.03 bits per heavy atom. The van der Waals surface area contributed by atoms with Crippen LogP contribution in [0.25, 0.3) is 11.4 Å². The van der Waals surface area contributed by atoms with E-state index in [-0.39, 0.29) is 17.7 Å². The van der Waals surface area contributed by atoms with Crippen LogP contribution in [0.3, 0.4) is 0 Å². The number of carbonyl (C=O) groups is 2. The molecule has 2 saturated heterocycles. The summed E-state index contributed by atoms with van der Waals surface area (Å²) in [5.41, 5.74) is 3.20. The van der Waals surface area contributed by atoms with Gasteiger partial charge in [-0.25, -0.2) is 0 Å². The molecule has 0 radical (unpaired) electrons. The van der Waals surface area contributed by atoms with Gasteiger partial charge in [0.25, 0.3) is 5.91 Å². The Labute approximate surface area is 205 Å². The number of piperidine rings is 1. The second-order valence-electron chi connectivity index (χ2n) is 9.44. The summed E-state index contributed by atoms with van der Waals surface area (Å²) in [5, 5.41) is 7.19. The smallest absolute Gasteiger partial charge is 0.255 e. The van der Waals surface area contributed by atoms with Gasteiger partial charge in [-0.05, 0) is 56.8 Å². The van der Waals surface area contributed by atoms with Gasteiger partial charge in [0, 0.05) is 25.2 Å². The summed E-state index contributed by atoms with van der Waals surface area (Å²) >= 11 is 0. The number of amides is 2. The number of hydrogen-bond acceptors (Lipinski definition) is 6. The number of anilines is 1. The minimum absolute atomic E-state index is 0.00970. The molecule has 1 N–H and O–H groups in total. The third kappa shape index (κ3) is 5.27. The third-order valence-electron chi connectivity index (χ3n) is 6.90. The molecule has 8 nitrogen and oxygen atoms in total. The van der Waals surface area contributed by atoms with Crippen LogP contribution >= 0.6 is 0 Å². The van der Waals surface area contributed by atoms with Crippen LogP contribution in [0.2, 0.25) is 0 Å². The standard InChI is InChI=1S/C27H31N5O3/c1-19-9-2-3-11-21(19)25-29-24(35-30-25)18-31-14-8-10-20(17-31)26(33)28-23-13-5-4-12-22(23)27(34)32-15-6-7-16-32/h2-5,9,11-13,20H,6-8,10,14-18H2,1H3,(H,28,33). The van der Waals surface area contributed by atoms with Gasteiger partial charge >= 0.3 is 0 Å². The van der Waals surface area contributed by atoms with Crippen LogP contribution in [0.1, 0.15) is 47.5 Å². The van der Waals surface area contributed by atoms with Crippen LogP contribution in [0.15, 0.2) is 53.1 Å². The van der Waals surface area contributed by atoms with E-state index in [2.05, 4.69) is 20.4 Å². The van der Waals surface area contributed by atoms with E-state index in [4.69, 9.17) is 4.52 Å². The van der Waals surface area contributed by atoms with Crippen LogP contribution in [-0.2, 0) is 11.3 Å². The fourth-order valence-corrected chi connectivity index (χ4v) is 4.96. The molecule has 8 heteroatoms. The van der Waals surface area contributed by atoms with Crippen molar-refractivity contribution in [3.63, 3.8) is 0 Å². The molecule has 35 heavy (non-hydrogen) atoms. The highest BCUT2D eigenvalue weighted by Gasteiger charge is 2.28. The fraction of sp³-hybridized carbons (Fsp3) is 0.407. The number of hydrogen-bond donors (Lipinski definition) is 1. The first-order valence-corrected chi connectivity index (χ1v) is 12.4. The van der Waals surface area contributed by atoms with E-state index in [1.807, 2.05) is 54.3 Å². The minimum Gasteiger partial charge on any atom is -0.339 e. The summed E-state index contributed by atoms with van der Waals surface area (Å²) in [4.78, 5) is 34.8. The number of aryl methyl sites for hydroxylation is 1. The van der Waals surface area contributed by atoms with E-state index in [0.717, 1.165) is 56.4 Å². The number of carbonyl (C=O) groups excluding carboxylic acids is 2. The molecule has 1 unspecified atom stereocenters. The van der Waals surface area contributed by atoms with E-state index in [0.29, 0.717) is 36.1 Å². The van der Waals surface area contributed by atoms with Gasteiger partial charge in [0.1, 0.15) is 0 Å². The average Bonchev–Trinajstić information content (AvgIpc) is 3.57. The summed E-state index contributed by atoms with van der Waals surface area (Å²) < 4.78 is 5.51. The molecular formula is C27H31N5O3. The van der Waals surface area contributed by atoms with E-state index < -0.39 is 0 Å². The van der Waals surface area contributed by atoms with Gasteiger partial charge in [0.05, 0.1) is 23.7 Å². The van der Waals surface area contributed by atoms with Gasteiger partial charge in [-0.15, -0.1) is 0 Å². The number of likely N-dealkylation sites (tertiary alicyclic amines) is 2. The number of aromatic nitrogens is 2. The van der Waals surface area contributed by atoms with Crippen molar-refractivity contribution in [3.05, 3.63) is 65.5 Å². The van der Waals surface area contributed by atoms with Gasteiger partial charge < -0.3 is 14.7 Å². The molecule has 182 valence electrons. The lowest BCUT2D eigenvalue weighted by Crippen LogP contribution is -2.40. The molecule has 0 saturated carbocycles. The Kier molecular flexibility index (Phi) is 6.90. The molecule has 1 atom stereocenters. The SMILES string of the molecule is Cc1ccccc1-c1noc(CN2CCCC(C(=O)Nc3ccccc3C(=O)N3CCCC3)C2)n1. The van der Waals surface area contributed by atoms with Gasteiger partial charge in [-0.3, -0.25) is 14.5 Å². The number of para-hydroxylation sites is 1. The molecule has 0 aliphatic carbocycles. The molecule has 2 fully saturated rings. The Morgan fingerprint density at radius 3 is 2.63 bits per heavy atom. The Hall–Kier alpha value is -3.52. The summed E-state index contributed by atoms with van der Waals surface area (Å²) in [6, 6.07) is 15.3. The molecule has 5 rings (SSSR count). The molecule has 2 aliphatic rings. The summed E-state index contributed by atoms with van der Waals surface area (Å²) in [7, 11) is 0. The maximum absolute atomic E-state index is 13.2. The number of rotatable bonds is 6.